The number of aliphatic hydroxyl groups is 1. The summed E-state index contributed by atoms with van der Waals surface area (Å²) in [5.41, 5.74) is 2.27. The van der Waals surface area contributed by atoms with Crippen LogP contribution >= 0.6 is 0 Å². The van der Waals surface area contributed by atoms with Crippen LogP contribution < -0.4 is 5.32 Å². The summed E-state index contributed by atoms with van der Waals surface area (Å²) >= 11 is 0. The molecule has 0 bridgehead atoms. The molecule has 4 rings (SSSR count). The first-order chi connectivity index (χ1) is 13.6. The fourth-order valence-corrected chi connectivity index (χ4v) is 3.54. The molecular formula is C20H19FN4O3. The van der Waals surface area contributed by atoms with Crippen molar-refractivity contribution in [1.82, 2.24) is 19.8 Å². The van der Waals surface area contributed by atoms with Gasteiger partial charge in [-0.2, -0.15) is 0 Å². The van der Waals surface area contributed by atoms with Gasteiger partial charge in [0.05, 0.1) is 24.0 Å². The van der Waals surface area contributed by atoms with Crippen LogP contribution in [0.1, 0.15) is 22.0 Å². The molecule has 1 aliphatic rings. The monoisotopic (exact) mass is 382 g/mol. The number of nitrogens with zero attached hydrogens (tertiary/aromatic N) is 3. The maximum atomic E-state index is 13.7. The van der Waals surface area contributed by atoms with E-state index in [1.54, 1.807) is 35.2 Å². The van der Waals surface area contributed by atoms with Crippen LogP contribution in [0.3, 0.4) is 0 Å². The van der Waals surface area contributed by atoms with Crippen molar-refractivity contribution < 1.29 is 19.1 Å². The Kier molecular flexibility index (Phi) is 4.79. The molecule has 144 valence electrons. The van der Waals surface area contributed by atoms with E-state index in [4.69, 9.17) is 5.11 Å². The van der Waals surface area contributed by atoms with Crippen LogP contribution in [0, 0.1) is 5.82 Å². The van der Waals surface area contributed by atoms with E-state index < -0.39 is 11.9 Å². The lowest BCUT2D eigenvalue weighted by Crippen LogP contribution is -2.52. The van der Waals surface area contributed by atoms with E-state index in [0.29, 0.717) is 36.3 Å². The maximum Gasteiger partial charge on any atom is 0.254 e. The van der Waals surface area contributed by atoms with Gasteiger partial charge in [0.15, 0.2) is 0 Å². The predicted octanol–water partition coefficient (Wildman–Crippen LogP) is 1.48. The van der Waals surface area contributed by atoms with Crippen molar-refractivity contribution in [3.63, 3.8) is 0 Å². The standard InChI is InChI=1S/C20H19FN4O3/c21-15-3-1-2-13(10-15)18-19(27)22-6-7-25(18)20(28)14-4-5-17-16(11-14)23-12-24(17)8-9-26/h1-5,10-12,18,26H,6-9H2,(H,22,27). The first kappa shape index (κ1) is 18.1. The van der Waals surface area contributed by atoms with Crippen molar-refractivity contribution >= 4 is 22.8 Å². The smallest absolute Gasteiger partial charge is 0.254 e. The molecule has 7 nitrogen and oxygen atoms in total. The van der Waals surface area contributed by atoms with Gasteiger partial charge in [-0.15, -0.1) is 0 Å². The molecule has 2 N–H and O–H groups in total. The van der Waals surface area contributed by atoms with E-state index >= 15 is 0 Å². The summed E-state index contributed by atoms with van der Waals surface area (Å²) in [4.78, 5) is 31.4. The number of amides is 2. The number of fused-ring (bicyclic) bond motifs is 1. The number of benzene rings is 2. The summed E-state index contributed by atoms with van der Waals surface area (Å²) in [7, 11) is 0. The molecule has 2 heterocycles. The Morgan fingerprint density at radius 1 is 1.29 bits per heavy atom. The Balaban J connectivity index is 1.68. The Labute approximate surface area is 160 Å². The van der Waals surface area contributed by atoms with E-state index in [2.05, 4.69) is 10.3 Å². The van der Waals surface area contributed by atoms with Gasteiger partial charge >= 0.3 is 0 Å². The highest BCUT2D eigenvalue weighted by molar-refractivity contribution is 6.00. The number of aliphatic hydroxyl groups excluding tert-OH is 1. The number of halogens is 1. The molecule has 2 aromatic carbocycles. The summed E-state index contributed by atoms with van der Waals surface area (Å²) < 4.78 is 15.5. The molecule has 1 atom stereocenters. The second-order valence-corrected chi connectivity index (χ2v) is 6.61. The molecular weight excluding hydrogens is 363 g/mol. The molecule has 0 spiro atoms. The normalized spacial score (nSPS) is 17.0. The maximum absolute atomic E-state index is 13.7. The fourth-order valence-electron chi connectivity index (χ4n) is 3.54. The third kappa shape index (κ3) is 3.22. The van der Waals surface area contributed by atoms with Crippen LogP contribution in [0.2, 0.25) is 0 Å². The number of carbonyl (C=O) groups excluding carboxylic acids is 2. The molecule has 8 heteroatoms. The Bertz CT molecular complexity index is 1050. The Morgan fingerprint density at radius 3 is 2.93 bits per heavy atom. The number of rotatable bonds is 4. The average Bonchev–Trinajstić information content (AvgIpc) is 3.09. The topological polar surface area (TPSA) is 87.5 Å². The van der Waals surface area contributed by atoms with Crippen LogP contribution in [-0.2, 0) is 11.3 Å². The number of hydrogen-bond acceptors (Lipinski definition) is 4. The fraction of sp³-hybridized carbons (Fsp3) is 0.250. The molecule has 0 radical (unpaired) electrons. The van der Waals surface area contributed by atoms with Gasteiger partial charge in [0.1, 0.15) is 11.9 Å². The first-order valence-electron chi connectivity index (χ1n) is 8.98. The zero-order chi connectivity index (χ0) is 19.7. The number of aromatic nitrogens is 2. The van der Waals surface area contributed by atoms with Crippen molar-refractivity contribution in [2.24, 2.45) is 0 Å². The van der Waals surface area contributed by atoms with Crippen LogP contribution in [0.25, 0.3) is 11.0 Å². The van der Waals surface area contributed by atoms with Crippen LogP contribution in [0.5, 0.6) is 0 Å². The third-order valence-electron chi connectivity index (χ3n) is 4.85. The lowest BCUT2D eigenvalue weighted by molar-refractivity contribution is -0.128. The van der Waals surface area contributed by atoms with Crippen molar-refractivity contribution in [3.8, 4) is 0 Å². The minimum Gasteiger partial charge on any atom is -0.395 e. The highest BCUT2D eigenvalue weighted by Gasteiger charge is 2.35. The molecule has 1 aromatic heterocycles. The predicted molar refractivity (Wildman–Crippen MR) is 100 cm³/mol. The molecule has 2 amide bonds. The number of carbonyl (C=O) groups is 2. The summed E-state index contributed by atoms with van der Waals surface area (Å²) in [6.07, 6.45) is 1.61. The minimum atomic E-state index is -0.889. The van der Waals surface area contributed by atoms with Gasteiger partial charge in [-0.05, 0) is 35.9 Å². The zero-order valence-electron chi connectivity index (χ0n) is 15.0. The Hall–Kier alpha value is -3.26. The van der Waals surface area contributed by atoms with E-state index in [0.717, 1.165) is 5.52 Å². The van der Waals surface area contributed by atoms with Crippen molar-refractivity contribution in [2.45, 2.75) is 12.6 Å². The number of piperazine rings is 1. The molecule has 1 fully saturated rings. The number of hydrogen-bond donors (Lipinski definition) is 2. The van der Waals surface area contributed by atoms with Crippen LogP contribution in [-0.4, -0.2) is 51.1 Å². The van der Waals surface area contributed by atoms with Crippen LogP contribution in [0.4, 0.5) is 4.39 Å². The van der Waals surface area contributed by atoms with Gasteiger partial charge in [0.2, 0.25) is 5.91 Å². The van der Waals surface area contributed by atoms with Crippen molar-refractivity contribution in [3.05, 3.63) is 65.7 Å². The lowest BCUT2D eigenvalue weighted by atomic mass is 10.0. The molecule has 28 heavy (non-hydrogen) atoms. The van der Waals surface area contributed by atoms with E-state index in [9.17, 15) is 14.0 Å². The second-order valence-electron chi connectivity index (χ2n) is 6.61. The quantitative estimate of drug-likeness (QED) is 0.716. The molecule has 1 unspecified atom stereocenters. The highest BCUT2D eigenvalue weighted by atomic mass is 19.1. The van der Waals surface area contributed by atoms with Gasteiger partial charge in [0.25, 0.3) is 5.91 Å². The van der Waals surface area contributed by atoms with Gasteiger partial charge in [-0.3, -0.25) is 9.59 Å². The lowest BCUT2D eigenvalue weighted by Gasteiger charge is -2.35. The van der Waals surface area contributed by atoms with Crippen molar-refractivity contribution in [1.29, 1.82) is 0 Å². The van der Waals surface area contributed by atoms with E-state index in [1.165, 1.54) is 23.1 Å². The number of nitrogens with one attached hydrogen (secondary N) is 1. The summed E-state index contributed by atoms with van der Waals surface area (Å²) in [5, 5.41) is 11.9. The van der Waals surface area contributed by atoms with Gasteiger partial charge in [-0.25, -0.2) is 9.37 Å². The summed E-state index contributed by atoms with van der Waals surface area (Å²) in [6, 6.07) is 9.96. The largest absolute Gasteiger partial charge is 0.395 e. The second kappa shape index (κ2) is 7.40. The first-order valence-corrected chi connectivity index (χ1v) is 8.98. The highest BCUT2D eigenvalue weighted by Crippen LogP contribution is 2.26. The van der Waals surface area contributed by atoms with Gasteiger partial charge < -0.3 is 19.9 Å². The van der Waals surface area contributed by atoms with E-state index in [-0.39, 0.29) is 18.4 Å². The molecule has 1 saturated heterocycles. The van der Waals surface area contributed by atoms with Crippen LogP contribution in [0.15, 0.2) is 48.8 Å². The summed E-state index contributed by atoms with van der Waals surface area (Å²) in [6.45, 7) is 1.06. The SMILES string of the molecule is O=C1NCCN(C(=O)c2ccc3c(c2)ncn3CCO)C1c1cccc(F)c1. The van der Waals surface area contributed by atoms with E-state index in [1.807, 2.05) is 0 Å². The Morgan fingerprint density at radius 2 is 2.14 bits per heavy atom. The average molecular weight is 382 g/mol. The number of imidazole rings is 1. The molecule has 0 aliphatic carbocycles. The minimum absolute atomic E-state index is 0.00958. The molecule has 3 aromatic rings. The zero-order valence-corrected chi connectivity index (χ0v) is 15.0. The molecule has 0 saturated carbocycles. The summed E-state index contributed by atoms with van der Waals surface area (Å²) in [5.74, 6) is -1.11. The molecule has 1 aliphatic heterocycles. The van der Waals surface area contributed by atoms with Gasteiger partial charge in [-0.1, -0.05) is 12.1 Å². The van der Waals surface area contributed by atoms with Crippen molar-refractivity contribution in [2.75, 3.05) is 19.7 Å². The third-order valence-corrected chi connectivity index (χ3v) is 4.85. The van der Waals surface area contributed by atoms with Gasteiger partial charge in [0, 0.05) is 25.2 Å².